The van der Waals surface area contributed by atoms with E-state index < -0.39 is 38.7 Å². The number of aromatic nitrogens is 3. The first-order valence-electron chi connectivity index (χ1n) is 9.63. The van der Waals surface area contributed by atoms with Crippen LogP contribution in [0, 0.1) is 18.6 Å². The predicted octanol–water partition coefficient (Wildman–Crippen LogP) is 4.66. The minimum absolute atomic E-state index is 0.0212. The number of halogens is 2. The summed E-state index contributed by atoms with van der Waals surface area (Å²) in [6.45, 7) is 3.45. The van der Waals surface area contributed by atoms with E-state index in [1.54, 1.807) is 31.5 Å². The Balaban J connectivity index is 1.90. The number of hydrogen-bond donors (Lipinski definition) is 2. The van der Waals surface area contributed by atoms with Crippen LogP contribution in [-0.4, -0.2) is 34.9 Å². The normalized spacial score (nSPS) is 11.8. The van der Waals surface area contributed by atoms with Crippen molar-refractivity contribution in [1.29, 1.82) is 0 Å². The summed E-state index contributed by atoms with van der Waals surface area (Å²) in [5, 5.41) is 2.84. The van der Waals surface area contributed by atoms with Crippen molar-refractivity contribution in [2.24, 2.45) is 0 Å². The number of carbonyl (C=O) groups is 1. The number of nitrogens with zero attached hydrogens (tertiary/aromatic N) is 2. The topological polar surface area (TPSA) is 105 Å². The summed E-state index contributed by atoms with van der Waals surface area (Å²) in [5.41, 5.74) is -0.191. The third-order valence-corrected chi connectivity index (χ3v) is 7.02. The molecule has 0 bridgehead atoms. The molecule has 11 heteroatoms. The summed E-state index contributed by atoms with van der Waals surface area (Å²) >= 11 is 1.36. The Bertz CT molecular complexity index is 1440. The highest BCUT2D eigenvalue weighted by atomic mass is 32.2. The van der Waals surface area contributed by atoms with Crippen LogP contribution in [0.2, 0.25) is 0 Å². The molecule has 3 heterocycles. The lowest BCUT2D eigenvalue weighted by atomic mass is 9.95. The number of fused-ring (bicyclic) bond motifs is 1. The number of H-pyrrole nitrogens is 1. The SMILES string of the molecule is CCCS(=O)(=O)Nc1ccc(F)c(C(=O)c2c(-c3csc(C)n3)cnc3[nH]ccc23)c1F. The van der Waals surface area contributed by atoms with Gasteiger partial charge in [-0.15, -0.1) is 11.3 Å². The lowest BCUT2D eigenvalue weighted by Gasteiger charge is -2.13. The molecule has 0 saturated heterocycles. The van der Waals surface area contributed by atoms with Gasteiger partial charge in [0.05, 0.1) is 27.7 Å². The van der Waals surface area contributed by atoms with E-state index in [1.165, 1.54) is 17.5 Å². The van der Waals surface area contributed by atoms with Crippen LogP contribution in [-0.2, 0) is 10.0 Å². The van der Waals surface area contributed by atoms with E-state index in [0.717, 1.165) is 17.1 Å². The minimum Gasteiger partial charge on any atom is -0.346 e. The van der Waals surface area contributed by atoms with E-state index >= 15 is 4.39 Å². The van der Waals surface area contributed by atoms with Crippen LogP contribution < -0.4 is 4.72 Å². The second-order valence-corrected chi connectivity index (χ2v) is 9.98. The number of aromatic amines is 1. The number of anilines is 1. The summed E-state index contributed by atoms with van der Waals surface area (Å²) in [6, 6.07) is 3.40. The predicted molar refractivity (Wildman–Crippen MR) is 119 cm³/mol. The molecule has 0 unspecified atom stereocenters. The standard InChI is InChI=1S/C21H18F2N4O3S2/c1-3-8-32(29,30)27-15-5-4-14(22)18(19(15)23)20(28)17-12-6-7-24-21(12)25-9-13(17)16-10-31-11(2)26-16/h4-7,9-10,27H,3,8H2,1-2H3,(H,24,25). The van der Waals surface area contributed by atoms with Crippen molar-refractivity contribution in [3.63, 3.8) is 0 Å². The van der Waals surface area contributed by atoms with Crippen LogP contribution in [0.25, 0.3) is 22.3 Å². The Kier molecular flexibility index (Phi) is 5.78. The second kappa shape index (κ2) is 8.40. The van der Waals surface area contributed by atoms with Crippen molar-refractivity contribution in [3.05, 3.63) is 63.7 Å². The maximum atomic E-state index is 15.3. The molecule has 4 aromatic rings. The van der Waals surface area contributed by atoms with Gasteiger partial charge in [-0.2, -0.15) is 0 Å². The average Bonchev–Trinajstić information content (AvgIpc) is 3.38. The smallest absolute Gasteiger partial charge is 0.232 e. The Labute approximate surface area is 186 Å². The van der Waals surface area contributed by atoms with Gasteiger partial charge in [-0.05, 0) is 31.5 Å². The Morgan fingerprint density at radius 1 is 1.22 bits per heavy atom. The number of ketones is 1. The van der Waals surface area contributed by atoms with Crippen molar-refractivity contribution in [2.45, 2.75) is 20.3 Å². The largest absolute Gasteiger partial charge is 0.346 e. The molecule has 7 nitrogen and oxygen atoms in total. The number of pyridine rings is 1. The number of sulfonamides is 1. The molecule has 0 radical (unpaired) electrons. The number of benzene rings is 1. The highest BCUT2D eigenvalue weighted by Gasteiger charge is 2.28. The summed E-state index contributed by atoms with van der Waals surface area (Å²) in [6.07, 6.45) is 3.29. The van der Waals surface area contributed by atoms with Gasteiger partial charge < -0.3 is 4.98 Å². The van der Waals surface area contributed by atoms with Gasteiger partial charge in [0.2, 0.25) is 15.8 Å². The van der Waals surface area contributed by atoms with Crippen molar-refractivity contribution in [1.82, 2.24) is 15.0 Å². The minimum atomic E-state index is -3.85. The van der Waals surface area contributed by atoms with Crippen molar-refractivity contribution >= 4 is 43.9 Å². The second-order valence-electron chi connectivity index (χ2n) is 7.07. The molecule has 166 valence electrons. The lowest BCUT2D eigenvalue weighted by Crippen LogP contribution is -2.19. The molecular weight excluding hydrogens is 458 g/mol. The number of thiazole rings is 1. The van der Waals surface area contributed by atoms with Crippen molar-refractivity contribution in [2.75, 3.05) is 10.5 Å². The summed E-state index contributed by atoms with van der Waals surface area (Å²) < 4.78 is 56.3. The zero-order valence-corrected chi connectivity index (χ0v) is 18.7. The van der Waals surface area contributed by atoms with E-state index in [0.29, 0.717) is 28.7 Å². The van der Waals surface area contributed by atoms with E-state index in [-0.39, 0.29) is 11.3 Å². The Hall–Kier alpha value is -3.18. The zero-order chi connectivity index (χ0) is 23.0. The molecule has 0 spiro atoms. The van der Waals surface area contributed by atoms with Gasteiger partial charge in [-0.1, -0.05) is 6.92 Å². The molecule has 0 saturated carbocycles. The van der Waals surface area contributed by atoms with Crippen molar-refractivity contribution in [3.8, 4) is 11.3 Å². The van der Waals surface area contributed by atoms with E-state index in [1.807, 2.05) is 0 Å². The fourth-order valence-electron chi connectivity index (χ4n) is 3.39. The van der Waals surface area contributed by atoms with Gasteiger partial charge in [-0.3, -0.25) is 9.52 Å². The molecule has 0 aliphatic carbocycles. The fraction of sp³-hybridized carbons (Fsp3) is 0.190. The number of aryl methyl sites for hydroxylation is 1. The summed E-state index contributed by atoms with van der Waals surface area (Å²) in [7, 11) is -3.85. The Morgan fingerprint density at radius 2 is 2.00 bits per heavy atom. The molecular formula is C21H18F2N4O3S2. The Morgan fingerprint density at radius 3 is 2.69 bits per heavy atom. The third kappa shape index (κ3) is 4.00. The van der Waals surface area contributed by atoms with Gasteiger partial charge in [0, 0.05) is 34.3 Å². The molecule has 0 aliphatic heterocycles. The molecule has 0 atom stereocenters. The number of hydrogen-bond acceptors (Lipinski definition) is 6. The van der Waals surface area contributed by atoms with Gasteiger partial charge in [0.15, 0.2) is 5.82 Å². The van der Waals surface area contributed by atoms with Crippen LogP contribution in [0.1, 0.15) is 34.3 Å². The molecule has 1 aromatic carbocycles. The first-order valence-corrected chi connectivity index (χ1v) is 12.2. The van der Waals surface area contributed by atoms with Crippen LogP contribution in [0.5, 0.6) is 0 Å². The number of carbonyl (C=O) groups excluding carboxylic acids is 1. The molecule has 0 amide bonds. The first-order chi connectivity index (χ1) is 15.2. The van der Waals surface area contributed by atoms with Crippen LogP contribution in [0.15, 0.2) is 36.0 Å². The van der Waals surface area contributed by atoms with Crippen LogP contribution in [0.4, 0.5) is 14.5 Å². The molecule has 0 fully saturated rings. The zero-order valence-electron chi connectivity index (χ0n) is 17.1. The molecule has 4 rings (SSSR count). The molecule has 0 aliphatic rings. The average molecular weight is 477 g/mol. The highest BCUT2D eigenvalue weighted by Crippen LogP contribution is 2.33. The monoisotopic (exact) mass is 476 g/mol. The van der Waals surface area contributed by atoms with Crippen molar-refractivity contribution < 1.29 is 22.0 Å². The molecule has 3 aromatic heterocycles. The summed E-state index contributed by atoms with van der Waals surface area (Å²) in [5.74, 6) is -3.57. The van der Waals surface area contributed by atoms with Gasteiger partial charge in [0.25, 0.3) is 0 Å². The van der Waals surface area contributed by atoms with Crippen LogP contribution >= 0.6 is 11.3 Å². The number of rotatable bonds is 7. The summed E-state index contributed by atoms with van der Waals surface area (Å²) in [4.78, 5) is 25.0. The third-order valence-electron chi connectivity index (χ3n) is 4.77. The van der Waals surface area contributed by atoms with Crippen LogP contribution in [0.3, 0.4) is 0 Å². The van der Waals surface area contributed by atoms with E-state index in [9.17, 15) is 17.6 Å². The highest BCUT2D eigenvalue weighted by molar-refractivity contribution is 7.92. The number of nitrogens with one attached hydrogen (secondary N) is 2. The molecule has 32 heavy (non-hydrogen) atoms. The van der Waals surface area contributed by atoms with Gasteiger partial charge >= 0.3 is 0 Å². The quantitative estimate of drug-likeness (QED) is 0.378. The fourth-order valence-corrected chi connectivity index (χ4v) is 5.13. The van der Waals surface area contributed by atoms with Gasteiger partial charge in [0.1, 0.15) is 11.5 Å². The van der Waals surface area contributed by atoms with E-state index in [2.05, 4.69) is 19.7 Å². The molecule has 2 N–H and O–H groups in total. The maximum Gasteiger partial charge on any atom is 0.232 e. The maximum absolute atomic E-state index is 15.3. The van der Waals surface area contributed by atoms with E-state index in [4.69, 9.17) is 0 Å². The lowest BCUT2D eigenvalue weighted by molar-refractivity contribution is 0.103. The first kappa shape index (κ1) is 22.0. The van der Waals surface area contributed by atoms with Gasteiger partial charge in [-0.25, -0.2) is 27.2 Å².